The first kappa shape index (κ1) is 39.6. The number of Topliss-reactive ketones (excluding diaryl/α,β-unsaturated/α-hetero) is 1. The molecule has 0 bridgehead atoms. The molecule has 8 rings (SSSR count). The second kappa shape index (κ2) is 14.9. The molecule has 0 unspecified atom stereocenters. The van der Waals surface area contributed by atoms with Crippen molar-refractivity contribution in [3.05, 3.63) is 107 Å². The third-order valence-corrected chi connectivity index (χ3v) is 13.2. The second-order valence-electron chi connectivity index (χ2n) is 14.4. The summed E-state index contributed by atoms with van der Waals surface area (Å²) < 4.78 is 97.5. The number of pyridine rings is 2. The van der Waals surface area contributed by atoms with Crippen molar-refractivity contribution in [3.63, 3.8) is 0 Å². The molecule has 0 spiro atoms. The summed E-state index contributed by atoms with van der Waals surface area (Å²) in [4.78, 5) is 35.7. The van der Waals surface area contributed by atoms with Crippen LogP contribution in [0.1, 0.15) is 65.0 Å². The molecule has 2 aromatic carbocycles. The number of sulfonamides is 2. The normalized spacial score (nSPS) is 15.5. The number of anilines is 2. The summed E-state index contributed by atoms with van der Waals surface area (Å²) in [5.74, 6) is -1.96. The minimum Gasteiger partial charge on any atom is -0.437 e. The third kappa shape index (κ3) is 7.18. The summed E-state index contributed by atoms with van der Waals surface area (Å²) in [6.45, 7) is 3.29. The lowest BCUT2D eigenvalue weighted by Crippen LogP contribution is -2.34. The van der Waals surface area contributed by atoms with Crippen LogP contribution in [-0.2, 0) is 20.0 Å². The van der Waals surface area contributed by atoms with E-state index in [1.165, 1.54) is 72.9 Å². The number of rotatable bonds is 8. The smallest absolute Gasteiger partial charge is 0.255 e. The molecule has 6 heterocycles. The standard InChI is InChI=1S/C42H37F2N5O8S2/c1-23-7-5-19-49(38-30(23)21-32-34(24(2)50)36(56-41(32)46-38)26-9-13-28(43)14-10-26)59(54,55)20-17-25-8-6-18-48(58(4,52)53)39-31(25)22-33-35(40(51)45-3)37(57-42(33)47-39)27-11-15-29(44)16-12-27/h7,9-17,21-22H,5-6,8,18-20H2,1-4H3,(H,45,51). The van der Waals surface area contributed by atoms with Crippen molar-refractivity contribution in [1.29, 1.82) is 0 Å². The van der Waals surface area contributed by atoms with Gasteiger partial charge in [-0.05, 0) is 105 Å². The molecule has 0 fully saturated rings. The maximum atomic E-state index is 14.5. The molecule has 1 N–H and O–H groups in total. The molecule has 0 aliphatic carbocycles. The van der Waals surface area contributed by atoms with Crippen LogP contribution in [0, 0.1) is 11.6 Å². The molecular weight excluding hydrogens is 805 g/mol. The van der Waals surface area contributed by atoms with Crippen LogP contribution in [0.3, 0.4) is 0 Å². The van der Waals surface area contributed by atoms with E-state index in [0.29, 0.717) is 46.1 Å². The van der Waals surface area contributed by atoms with Gasteiger partial charge in [0.2, 0.25) is 31.5 Å². The average Bonchev–Trinajstić information content (AvgIpc) is 3.63. The van der Waals surface area contributed by atoms with E-state index < -0.39 is 43.3 Å². The highest BCUT2D eigenvalue weighted by Gasteiger charge is 2.33. The molecular formula is C42H37F2N5O8S2. The number of hydrogen-bond donors (Lipinski definition) is 1. The van der Waals surface area contributed by atoms with E-state index in [1.54, 1.807) is 12.1 Å². The Labute approximate surface area is 338 Å². The van der Waals surface area contributed by atoms with Crippen molar-refractivity contribution in [2.24, 2.45) is 0 Å². The number of benzene rings is 2. The van der Waals surface area contributed by atoms with Crippen molar-refractivity contribution >= 4 is 76.7 Å². The predicted molar refractivity (Wildman–Crippen MR) is 221 cm³/mol. The van der Waals surface area contributed by atoms with E-state index in [0.717, 1.165) is 16.1 Å². The summed E-state index contributed by atoms with van der Waals surface area (Å²) in [6, 6.07) is 14.0. The Hall–Kier alpha value is -6.20. The molecule has 4 aromatic heterocycles. The molecule has 0 atom stereocenters. The van der Waals surface area contributed by atoms with Gasteiger partial charge in [0.15, 0.2) is 17.4 Å². The summed E-state index contributed by atoms with van der Waals surface area (Å²) in [5, 5.41) is 3.22. The van der Waals surface area contributed by atoms with Crippen LogP contribution < -0.4 is 13.9 Å². The lowest BCUT2D eigenvalue weighted by atomic mass is 9.99. The molecule has 0 saturated heterocycles. The van der Waals surface area contributed by atoms with Gasteiger partial charge in [-0.2, -0.15) is 9.97 Å². The minimum absolute atomic E-state index is 0.00376. The number of fused-ring (bicyclic) bond motifs is 4. The van der Waals surface area contributed by atoms with E-state index in [2.05, 4.69) is 10.3 Å². The lowest BCUT2D eigenvalue weighted by molar-refractivity contribution is 0.0963. The molecule has 13 nitrogen and oxygen atoms in total. The number of hydrogen-bond acceptors (Lipinski definition) is 10. The summed E-state index contributed by atoms with van der Waals surface area (Å²) in [6.07, 6.45) is 5.39. The van der Waals surface area contributed by atoms with E-state index >= 15 is 0 Å². The predicted octanol–water partition coefficient (Wildman–Crippen LogP) is 7.73. The van der Waals surface area contributed by atoms with Crippen LogP contribution >= 0.6 is 0 Å². The van der Waals surface area contributed by atoms with Crippen molar-refractivity contribution in [1.82, 2.24) is 15.3 Å². The van der Waals surface area contributed by atoms with Gasteiger partial charge in [0.25, 0.3) is 5.91 Å². The van der Waals surface area contributed by atoms with Gasteiger partial charge in [-0.15, -0.1) is 0 Å². The number of carbonyl (C=O) groups is 2. The summed E-state index contributed by atoms with van der Waals surface area (Å²) >= 11 is 0. The van der Waals surface area contributed by atoms with Gasteiger partial charge in [-0.25, -0.2) is 25.6 Å². The number of carbonyl (C=O) groups excluding carboxylic acids is 2. The Balaban J connectivity index is 1.24. The summed E-state index contributed by atoms with van der Waals surface area (Å²) in [5.41, 5.74) is 3.13. The number of allylic oxidation sites excluding steroid dienone is 2. The van der Waals surface area contributed by atoms with Crippen LogP contribution in [0.15, 0.2) is 81.7 Å². The number of ketones is 1. The van der Waals surface area contributed by atoms with Gasteiger partial charge in [0.1, 0.15) is 23.2 Å². The Morgan fingerprint density at radius 3 is 1.92 bits per heavy atom. The number of aromatic nitrogens is 2. The van der Waals surface area contributed by atoms with Crippen LogP contribution in [-0.4, -0.2) is 70.6 Å². The number of amides is 1. The zero-order chi connectivity index (χ0) is 42.0. The molecule has 0 radical (unpaired) electrons. The maximum absolute atomic E-state index is 14.5. The fourth-order valence-corrected chi connectivity index (χ4v) is 9.91. The largest absolute Gasteiger partial charge is 0.437 e. The SMILES string of the molecule is CNC(=O)c1c(-c2ccc(F)cc2)oc2nc3c(cc12)C(=CCS(=O)(=O)N1CCC=C(C)c2cc4c(C(C)=O)c(-c5ccc(F)cc5)oc4nc21)CCCN3S(C)(=O)=O. The summed E-state index contributed by atoms with van der Waals surface area (Å²) in [7, 11) is -6.66. The molecule has 17 heteroatoms. The Morgan fingerprint density at radius 2 is 1.36 bits per heavy atom. The maximum Gasteiger partial charge on any atom is 0.255 e. The van der Waals surface area contributed by atoms with E-state index in [1.807, 2.05) is 13.0 Å². The first-order valence-corrected chi connectivity index (χ1v) is 22.1. The topological polar surface area (TPSA) is 173 Å². The zero-order valence-corrected chi connectivity index (χ0v) is 33.9. The highest BCUT2D eigenvalue weighted by atomic mass is 32.2. The molecule has 1 amide bonds. The molecule has 0 saturated carbocycles. The van der Waals surface area contributed by atoms with Crippen LogP contribution in [0.5, 0.6) is 0 Å². The van der Waals surface area contributed by atoms with Crippen molar-refractivity contribution < 1.29 is 44.0 Å². The fraction of sp³-hybridized carbons (Fsp3) is 0.238. The first-order valence-electron chi connectivity index (χ1n) is 18.6. The van der Waals surface area contributed by atoms with Crippen molar-refractivity contribution in [2.45, 2.75) is 33.1 Å². The van der Waals surface area contributed by atoms with Crippen molar-refractivity contribution in [2.75, 3.05) is 40.8 Å². The first-order chi connectivity index (χ1) is 28.0. The van der Waals surface area contributed by atoms with Gasteiger partial charge < -0.3 is 14.2 Å². The molecule has 6 aromatic rings. The highest BCUT2D eigenvalue weighted by Crippen LogP contribution is 2.42. The quantitative estimate of drug-likeness (QED) is 0.150. The molecule has 2 aliphatic rings. The average molecular weight is 842 g/mol. The van der Waals surface area contributed by atoms with Gasteiger partial charge in [0.05, 0.1) is 33.9 Å². The van der Waals surface area contributed by atoms with Gasteiger partial charge in [0, 0.05) is 42.4 Å². The number of furan rings is 2. The van der Waals surface area contributed by atoms with Gasteiger partial charge in [-0.1, -0.05) is 12.2 Å². The van der Waals surface area contributed by atoms with Gasteiger partial charge in [-0.3, -0.25) is 18.2 Å². The Kier molecular flexibility index (Phi) is 9.99. The van der Waals surface area contributed by atoms with E-state index in [9.17, 15) is 35.2 Å². The highest BCUT2D eigenvalue weighted by molar-refractivity contribution is 7.93. The molecule has 304 valence electrons. The van der Waals surface area contributed by atoms with Crippen molar-refractivity contribution in [3.8, 4) is 22.6 Å². The van der Waals surface area contributed by atoms with Gasteiger partial charge >= 0.3 is 0 Å². The molecule has 59 heavy (non-hydrogen) atoms. The minimum atomic E-state index is -4.20. The van der Waals surface area contributed by atoms with E-state index in [-0.39, 0.29) is 76.4 Å². The Bertz CT molecular complexity index is 3010. The third-order valence-electron chi connectivity index (χ3n) is 10.5. The number of nitrogens with one attached hydrogen (secondary N) is 1. The van der Waals surface area contributed by atoms with E-state index in [4.69, 9.17) is 13.8 Å². The monoisotopic (exact) mass is 841 g/mol. The zero-order valence-electron chi connectivity index (χ0n) is 32.3. The number of nitrogens with zero attached hydrogens (tertiary/aromatic N) is 4. The van der Waals surface area contributed by atoms with Crippen LogP contribution in [0.25, 0.3) is 56.0 Å². The lowest BCUT2D eigenvalue weighted by Gasteiger charge is -2.23. The second-order valence-corrected chi connectivity index (χ2v) is 18.2. The fourth-order valence-electron chi connectivity index (χ4n) is 7.61. The van der Waals surface area contributed by atoms with Crippen LogP contribution in [0.4, 0.5) is 20.4 Å². The molecule has 2 aliphatic heterocycles. The number of halogens is 2. The Morgan fingerprint density at radius 1 is 0.814 bits per heavy atom. The van der Waals surface area contributed by atoms with Crippen LogP contribution in [0.2, 0.25) is 0 Å².